The molecule has 0 heterocycles. The van der Waals surface area contributed by atoms with Crippen molar-refractivity contribution in [3.8, 4) is 5.75 Å². The predicted octanol–water partition coefficient (Wildman–Crippen LogP) is 0.711. The Morgan fingerprint density at radius 1 is 1.16 bits per heavy atom. The zero-order valence-corrected chi connectivity index (χ0v) is 22.2. The number of aliphatic hydroxyl groups is 3. The number of aliphatic hydroxyl groups excluding tert-OH is 2. The quantitative estimate of drug-likeness (QED) is 0.208. The van der Waals surface area contributed by atoms with Gasteiger partial charge in [-0.15, -0.1) is 0 Å². The number of aryl methyl sites for hydroxylation is 1. The number of primary amides is 1. The lowest BCUT2D eigenvalue weighted by molar-refractivity contribution is -0.184. The molecule has 1 aromatic rings. The summed E-state index contributed by atoms with van der Waals surface area (Å²) in [6, 6.07) is 0.943. The van der Waals surface area contributed by atoms with Crippen LogP contribution in [0.25, 0.3) is 5.76 Å². The summed E-state index contributed by atoms with van der Waals surface area (Å²) in [5.74, 6) is -7.40. The summed E-state index contributed by atoms with van der Waals surface area (Å²) in [6.45, 7) is 2.15. The van der Waals surface area contributed by atoms with Gasteiger partial charge in [0.2, 0.25) is 11.7 Å². The number of hydrogen-bond donors (Lipinski definition) is 6. The van der Waals surface area contributed by atoms with Crippen LogP contribution in [-0.4, -0.2) is 74.6 Å². The first-order chi connectivity index (χ1) is 17.9. The van der Waals surface area contributed by atoms with Crippen molar-refractivity contribution >= 4 is 23.2 Å². The SMILES string of the molecule is CCCCCCc1cc(CN)c(O)c2c1C[C@@H]1C[C@@H]3[C@@H](N(C)C)C(O)C(C(N)=O)C(=O)[C@]3(O)C(=O)C1=C2O. The maximum absolute atomic E-state index is 13.9. The molecule has 2 saturated carbocycles. The Kier molecular flexibility index (Phi) is 7.73. The van der Waals surface area contributed by atoms with Crippen molar-refractivity contribution in [2.24, 2.45) is 29.2 Å². The highest BCUT2D eigenvalue weighted by Crippen LogP contribution is 2.53. The first-order valence-corrected chi connectivity index (χ1v) is 13.4. The smallest absolute Gasteiger partial charge is 0.230 e. The lowest BCUT2D eigenvalue weighted by Crippen LogP contribution is -2.73. The average Bonchev–Trinajstić information content (AvgIpc) is 2.84. The van der Waals surface area contributed by atoms with Crippen LogP contribution in [0.3, 0.4) is 0 Å². The Morgan fingerprint density at radius 2 is 1.84 bits per heavy atom. The first kappa shape index (κ1) is 28.2. The van der Waals surface area contributed by atoms with E-state index in [4.69, 9.17) is 11.5 Å². The number of unbranched alkanes of at least 4 members (excludes halogenated alkanes) is 3. The van der Waals surface area contributed by atoms with Gasteiger partial charge in [-0.3, -0.25) is 14.4 Å². The molecule has 0 spiro atoms. The maximum Gasteiger partial charge on any atom is 0.230 e. The van der Waals surface area contributed by atoms with Gasteiger partial charge >= 0.3 is 0 Å². The molecule has 3 aliphatic carbocycles. The summed E-state index contributed by atoms with van der Waals surface area (Å²) in [4.78, 5) is 41.1. The largest absolute Gasteiger partial charge is 0.507 e. The lowest BCUT2D eigenvalue weighted by atomic mass is 9.54. The molecule has 2 unspecified atom stereocenters. The zero-order valence-electron chi connectivity index (χ0n) is 22.2. The number of aromatic hydroxyl groups is 1. The van der Waals surface area contributed by atoms with Crippen molar-refractivity contribution in [1.82, 2.24) is 4.90 Å². The molecular formula is C28H39N3O7. The van der Waals surface area contributed by atoms with E-state index >= 15 is 0 Å². The number of fused-ring (bicyclic) bond motifs is 3. The van der Waals surface area contributed by atoms with E-state index in [2.05, 4.69) is 6.92 Å². The van der Waals surface area contributed by atoms with Gasteiger partial charge in [-0.25, -0.2) is 0 Å². The normalized spacial score (nSPS) is 30.8. The fraction of sp³-hybridized carbons (Fsp3) is 0.607. The number of Topliss-reactive ketones (excluding diaryl/α,β-unsaturated/α-hetero) is 2. The molecule has 0 aliphatic heterocycles. The number of likely N-dealkylation sites (N-methyl/N-ethyl adjacent to an activating group) is 1. The van der Waals surface area contributed by atoms with Gasteiger partial charge in [-0.2, -0.15) is 0 Å². The van der Waals surface area contributed by atoms with Gasteiger partial charge in [-0.1, -0.05) is 32.3 Å². The number of nitrogens with two attached hydrogens (primary N) is 2. The molecule has 4 rings (SSSR count). The second-order valence-electron chi connectivity index (χ2n) is 11.2. The van der Waals surface area contributed by atoms with Gasteiger partial charge in [0, 0.05) is 29.6 Å². The van der Waals surface area contributed by atoms with Crippen LogP contribution in [0, 0.1) is 17.8 Å². The van der Waals surface area contributed by atoms with E-state index in [1.807, 2.05) is 6.07 Å². The Morgan fingerprint density at radius 3 is 2.42 bits per heavy atom. The molecule has 0 aromatic heterocycles. The highest BCUT2D eigenvalue weighted by Gasteiger charge is 2.67. The minimum Gasteiger partial charge on any atom is -0.507 e. The predicted molar refractivity (Wildman–Crippen MR) is 140 cm³/mol. The van der Waals surface area contributed by atoms with Crippen molar-refractivity contribution in [3.63, 3.8) is 0 Å². The maximum atomic E-state index is 13.9. The number of rotatable bonds is 8. The monoisotopic (exact) mass is 529 g/mol. The fourth-order valence-electron chi connectivity index (χ4n) is 6.93. The molecule has 0 radical (unpaired) electrons. The van der Waals surface area contributed by atoms with Crippen LogP contribution in [0.5, 0.6) is 5.75 Å². The van der Waals surface area contributed by atoms with Crippen LogP contribution in [0.1, 0.15) is 61.3 Å². The van der Waals surface area contributed by atoms with E-state index in [9.17, 15) is 34.8 Å². The van der Waals surface area contributed by atoms with Crippen LogP contribution < -0.4 is 11.5 Å². The number of carbonyl (C=O) groups is 3. The minimum absolute atomic E-state index is 0.0221. The molecule has 0 bridgehead atoms. The van der Waals surface area contributed by atoms with Crippen LogP contribution in [0.4, 0.5) is 0 Å². The van der Waals surface area contributed by atoms with Gasteiger partial charge < -0.3 is 36.8 Å². The summed E-state index contributed by atoms with van der Waals surface area (Å²) in [5.41, 5.74) is 10.7. The zero-order chi connectivity index (χ0) is 28.1. The lowest BCUT2D eigenvalue weighted by Gasteiger charge is -2.53. The Balaban J connectivity index is 1.87. The highest BCUT2D eigenvalue weighted by molar-refractivity contribution is 6.25. The molecule has 10 heteroatoms. The molecule has 6 atom stereocenters. The van der Waals surface area contributed by atoms with E-state index < -0.39 is 58.7 Å². The average molecular weight is 530 g/mol. The molecule has 1 aromatic carbocycles. The fourth-order valence-corrected chi connectivity index (χ4v) is 6.93. The van der Waals surface area contributed by atoms with Gasteiger partial charge in [0.05, 0.1) is 11.7 Å². The number of hydrogen-bond acceptors (Lipinski definition) is 9. The number of phenols is 1. The van der Waals surface area contributed by atoms with E-state index in [0.29, 0.717) is 18.4 Å². The number of phenolic OH excluding ortho intramolecular Hbond substituents is 1. The topological polar surface area (TPSA) is 187 Å². The Hall–Kier alpha value is -2.79. The Bertz CT molecular complexity index is 1190. The Labute approximate surface area is 222 Å². The second-order valence-corrected chi connectivity index (χ2v) is 11.2. The van der Waals surface area contributed by atoms with Crippen molar-refractivity contribution < 1.29 is 34.8 Å². The standard InChI is InChI=1S/C28H39N3O7/c1-4-5-6-7-8-13-9-15(12-29)22(32)19-16(13)10-14-11-17-21(31(2)3)24(34)20(27(30)37)26(36)28(17,38)25(35)18(14)23(19)33/h9,14,17,20-21,24,32-34,38H,4-8,10-12,29H2,1-3H3,(H2,30,37)/t14-,17-,20?,21-,24?,28-/m1/s1. The summed E-state index contributed by atoms with van der Waals surface area (Å²) < 4.78 is 0. The molecule has 1 amide bonds. The van der Waals surface area contributed by atoms with Crippen LogP contribution in [0.2, 0.25) is 0 Å². The van der Waals surface area contributed by atoms with Crippen LogP contribution in [-0.2, 0) is 33.8 Å². The van der Waals surface area contributed by atoms with E-state index in [1.54, 1.807) is 19.0 Å². The number of amides is 1. The van der Waals surface area contributed by atoms with Gasteiger partial charge in [-0.05, 0) is 56.8 Å². The molecule has 10 nitrogen and oxygen atoms in total. The summed E-state index contributed by atoms with van der Waals surface area (Å²) in [5, 5.41) is 45.1. The third kappa shape index (κ3) is 4.14. The first-order valence-electron chi connectivity index (χ1n) is 13.4. The van der Waals surface area contributed by atoms with E-state index in [-0.39, 0.29) is 29.9 Å². The molecule has 8 N–H and O–H groups in total. The van der Waals surface area contributed by atoms with Crippen molar-refractivity contribution in [2.45, 2.75) is 76.2 Å². The van der Waals surface area contributed by atoms with Gasteiger partial charge in [0.1, 0.15) is 17.4 Å². The van der Waals surface area contributed by atoms with Gasteiger partial charge in [0.15, 0.2) is 11.4 Å². The third-order valence-electron chi connectivity index (χ3n) is 8.78. The molecule has 2 fully saturated rings. The number of benzene rings is 1. The molecule has 0 saturated heterocycles. The van der Waals surface area contributed by atoms with Crippen molar-refractivity contribution in [3.05, 3.63) is 33.9 Å². The number of carbonyl (C=O) groups excluding carboxylic acids is 3. The molecule has 38 heavy (non-hydrogen) atoms. The van der Waals surface area contributed by atoms with E-state index in [1.165, 1.54) is 0 Å². The van der Waals surface area contributed by atoms with Crippen LogP contribution in [0.15, 0.2) is 11.6 Å². The van der Waals surface area contributed by atoms with Crippen LogP contribution >= 0.6 is 0 Å². The molecular weight excluding hydrogens is 490 g/mol. The molecule has 3 aliphatic rings. The minimum atomic E-state index is -2.66. The number of nitrogens with zero attached hydrogens (tertiary/aromatic N) is 1. The third-order valence-corrected chi connectivity index (χ3v) is 8.78. The van der Waals surface area contributed by atoms with Gasteiger partial charge in [0.25, 0.3) is 0 Å². The summed E-state index contributed by atoms with van der Waals surface area (Å²) in [6.07, 6.45) is 3.72. The van der Waals surface area contributed by atoms with E-state index in [0.717, 1.165) is 36.8 Å². The highest BCUT2D eigenvalue weighted by atomic mass is 16.3. The summed E-state index contributed by atoms with van der Waals surface area (Å²) in [7, 11) is 3.26. The number of ketones is 2. The van der Waals surface area contributed by atoms with Crippen molar-refractivity contribution in [1.29, 1.82) is 0 Å². The molecule has 208 valence electrons. The van der Waals surface area contributed by atoms with Crippen molar-refractivity contribution in [2.75, 3.05) is 14.1 Å². The summed E-state index contributed by atoms with van der Waals surface area (Å²) >= 11 is 0. The second kappa shape index (κ2) is 10.4.